The van der Waals surface area contributed by atoms with Crippen LogP contribution in [0.2, 0.25) is 5.02 Å². The first kappa shape index (κ1) is 25.4. The first-order chi connectivity index (χ1) is 18.4. The van der Waals surface area contributed by atoms with E-state index in [2.05, 4.69) is 10.3 Å². The topological polar surface area (TPSA) is 81.1 Å². The molecule has 0 bridgehead atoms. The number of halogens is 1. The molecular weight excluding hydrogens is 518 g/mol. The smallest absolute Gasteiger partial charge is 0.266 e. The number of rotatable bonds is 7. The Hall–Kier alpha value is -4.20. The molecule has 38 heavy (non-hydrogen) atoms. The highest BCUT2D eigenvalue weighted by Crippen LogP contribution is 2.26. The molecule has 5 rings (SSSR count). The molecule has 5 aromatic rings. The van der Waals surface area contributed by atoms with E-state index >= 15 is 0 Å². The number of anilines is 1. The van der Waals surface area contributed by atoms with Crippen molar-refractivity contribution in [1.82, 2.24) is 9.55 Å². The van der Waals surface area contributed by atoms with E-state index in [-0.39, 0.29) is 23.0 Å². The van der Waals surface area contributed by atoms with Crippen molar-refractivity contribution in [3.63, 3.8) is 0 Å². The number of nitrogens with zero attached hydrogens (tertiary/aromatic N) is 2. The van der Waals surface area contributed by atoms with E-state index in [1.165, 1.54) is 4.57 Å². The molecule has 4 aromatic carbocycles. The number of aromatic nitrogens is 2. The molecule has 0 unspecified atom stereocenters. The molecule has 1 amide bonds. The van der Waals surface area contributed by atoms with Gasteiger partial charge in [-0.25, -0.2) is 4.98 Å². The number of aryl methyl sites for hydroxylation is 1. The van der Waals surface area contributed by atoms with Crippen molar-refractivity contribution in [3.8, 4) is 5.69 Å². The summed E-state index contributed by atoms with van der Waals surface area (Å²) in [6.45, 7) is 1.97. The summed E-state index contributed by atoms with van der Waals surface area (Å²) in [5, 5.41) is 4.10. The Morgan fingerprint density at radius 1 is 0.921 bits per heavy atom. The Balaban J connectivity index is 1.43. The maximum Gasteiger partial charge on any atom is 0.266 e. The van der Waals surface area contributed by atoms with Crippen LogP contribution in [-0.4, -0.2) is 27.0 Å². The van der Waals surface area contributed by atoms with Gasteiger partial charge in [-0.15, -0.1) is 0 Å². The van der Waals surface area contributed by atoms with Crippen molar-refractivity contribution in [2.24, 2.45) is 0 Å². The van der Waals surface area contributed by atoms with Gasteiger partial charge in [0, 0.05) is 16.1 Å². The van der Waals surface area contributed by atoms with Crippen LogP contribution in [0.25, 0.3) is 16.6 Å². The van der Waals surface area contributed by atoms with E-state index < -0.39 is 0 Å². The van der Waals surface area contributed by atoms with Crippen LogP contribution in [0.1, 0.15) is 21.5 Å². The van der Waals surface area contributed by atoms with Gasteiger partial charge >= 0.3 is 0 Å². The molecule has 1 heterocycles. The number of benzene rings is 4. The summed E-state index contributed by atoms with van der Waals surface area (Å²) in [5.74, 6) is -0.629. The van der Waals surface area contributed by atoms with E-state index in [0.29, 0.717) is 43.6 Å². The quantitative estimate of drug-likeness (QED) is 0.149. The third kappa shape index (κ3) is 5.39. The average molecular weight is 540 g/mol. The van der Waals surface area contributed by atoms with Crippen LogP contribution in [0.5, 0.6) is 0 Å². The number of carbonyl (C=O) groups is 2. The van der Waals surface area contributed by atoms with Gasteiger partial charge in [0.15, 0.2) is 10.9 Å². The molecule has 0 aliphatic heterocycles. The maximum atomic E-state index is 13.4. The van der Waals surface area contributed by atoms with E-state index in [0.717, 1.165) is 17.3 Å². The molecule has 0 radical (unpaired) electrons. The molecule has 188 valence electrons. The van der Waals surface area contributed by atoms with E-state index in [1.807, 2.05) is 43.3 Å². The first-order valence-corrected chi connectivity index (χ1v) is 13.2. The number of para-hydroxylation sites is 1. The number of ketones is 1. The minimum Gasteiger partial charge on any atom is -0.325 e. The summed E-state index contributed by atoms with van der Waals surface area (Å²) >= 11 is 7.31. The molecule has 6 nitrogen and oxygen atoms in total. The van der Waals surface area contributed by atoms with Crippen LogP contribution >= 0.6 is 23.4 Å². The standard InChI is InChI=1S/C30H22ClN3O3S/c1-19-11-14-22(15-12-19)34-29(37)23-9-5-6-10-25(23)33-30(34)38-18-27(35)32-26-16-13-21(31)17-24(26)28(36)20-7-3-2-4-8-20/h2-17H,18H2,1H3,(H,32,35). The zero-order valence-electron chi connectivity index (χ0n) is 20.4. The number of thioether (sulfide) groups is 1. The van der Waals surface area contributed by atoms with Crippen molar-refractivity contribution < 1.29 is 9.59 Å². The Kier molecular flexibility index (Phi) is 7.40. The van der Waals surface area contributed by atoms with Gasteiger partial charge in [0.05, 0.1) is 28.0 Å². The molecule has 0 saturated carbocycles. The number of hydrogen-bond donors (Lipinski definition) is 1. The van der Waals surface area contributed by atoms with Gasteiger partial charge in [-0.1, -0.05) is 83.5 Å². The largest absolute Gasteiger partial charge is 0.325 e. The SMILES string of the molecule is Cc1ccc(-n2c(SCC(=O)Nc3ccc(Cl)cc3C(=O)c3ccccc3)nc3ccccc3c2=O)cc1. The molecular formula is C30H22ClN3O3S. The van der Waals surface area contributed by atoms with E-state index in [9.17, 15) is 14.4 Å². The van der Waals surface area contributed by atoms with Crippen LogP contribution in [0.15, 0.2) is 107 Å². The second-order valence-corrected chi connectivity index (χ2v) is 9.99. The third-order valence-corrected chi connectivity index (χ3v) is 7.08. The lowest BCUT2D eigenvalue weighted by atomic mass is 10.0. The van der Waals surface area contributed by atoms with Crippen LogP contribution in [0, 0.1) is 6.92 Å². The van der Waals surface area contributed by atoms with E-state index in [4.69, 9.17) is 11.6 Å². The van der Waals surface area contributed by atoms with Gasteiger partial charge in [0.1, 0.15) is 0 Å². The van der Waals surface area contributed by atoms with Crippen LogP contribution in [-0.2, 0) is 4.79 Å². The minimum absolute atomic E-state index is 0.0295. The summed E-state index contributed by atoms with van der Waals surface area (Å²) in [4.78, 5) is 44.2. The summed E-state index contributed by atoms with van der Waals surface area (Å²) in [5.41, 5.74) is 3.21. The van der Waals surface area contributed by atoms with Crippen molar-refractivity contribution in [2.75, 3.05) is 11.1 Å². The Morgan fingerprint density at radius 2 is 1.63 bits per heavy atom. The van der Waals surface area contributed by atoms with Gasteiger partial charge in [0.2, 0.25) is 5.91 Å². The molecule has 0 saturated heterocycles. The number of carbonyl (C=O) groups excluding carboxylic acids is 2. The molecule has 8 heteroatoms. The van der Waals surface area contributed by atoms with Crippen molar-refractivity contribution >= 4 is 51.6 Å². The predicted molar refractivity (Wildman–Crippen MR) is 153 cm³/mol. The normalized spacial score (nSPS) is 10.9. The first-order valence-electron chi connectivity index (χ1n) is 11.8. The highest BCUT2D eigenvalue weighted by Gasteiger charge is 2.18. The molecule has 0 aliphatic rings. The van der Waals surface area contributed by atoms with Gasteiger partial charge < -0.3 is 5.32 Å². The fraction of sp³-hybridized carbons (Fsp3) is 0.0667. The molecule has 0 atom stereocenters. The number of amides is 1. The lowest BCUT2D eigenvalue weighted by Gasteiger charge is -2.14. The number of hydrogen-bond acceptors (Lipinski definition) is 5. The van der Waals surface area contributed by atoms with Crippen molar-refractivity contribution in [3.05, 3.63) is 129 Å². The Bertz CT molecular complexity index is 1720. The van der Waals surface area contributed by atoms with Crippen molar-refractivity contribution in [1.29, 1.82) is 0 Å². The second-order valence-electron chi connectivity index (χ2n) is 8.61. The fourth-order valence-electron chi connectivity index (χ4n) is 4.01. The Morgan fingerprint density at radius 3 is 2.39 bits per heavy atom. The van der Waals surface area contributed by atoms with Gasteiger partial charge in [-0.2, -0.15) is 0 Å². The lowest BCUT2D eigenvalue weighted by Crippen LogP contribution is -2.23. The highest BCUT2D eigenvalue weighted by molar-refractivity contribution is 7.99. The minimum atomic E-state index is -0.350. The number of nitrogens with one attached hydrogen (secondary N) is 1. The van der Waals surface area contributed by atoms with Gasteiger partial charge in [0.25, 0.3) is 5.56 Å². The molecule has 1 N–H and O–H groups in total. The summed E-state index contributed by atoms with van der Waals surface area (Å²) in [6.07, 6.45) is 0. The summed E-state index contributed by atoms with van der Waals surface area (Å²) < 4.78 is 1.52. The zero-order chi connectivity index (χ0) is 26.6. The zero-order valence-corrected chi connectivity index (χ0v) is 21.9. The maximum absolute atomic E-state index is 13.4. The molecule has 1 aromatic heterocycles. The van der Waals surface area contributed by atoms with Crippen LogP contribution in [0.4, 0.5) is 5.69 Å². The van der Waals surface area contributed by atoms with Gasteiger partial charge in [-0.3, -0.25) is 19.0 Å². The lowest BCUT2D eigenvalue weighted by molar-refractivity contribution is -0.113. The molecule has 0 fully saturated rings. The van der Waals surface area contributed by atoms with Gasteiger partial charge in [-0.05, 0) is 49.4 Å². The summed E-state index contributed by atoms with van der Waals surface area (Å²) in [7, 11) is 0. The second kappa shape index (κ2) is 11.0. The number of fused-ring (bicyclic) bond motifs is 1. The fourth-order valence-corrected chi connectivity index (χ4v) is 4.99. The van der Waals surface area contributed by atoms with Crippen molar-refractivity contribution in [2.45, 2.75) is 12.1 Å². The Labute approximate surface area is 228 Å². The molecule has 0 spiro atoms. The highest BCUT2D eigenvalue weighted by atomic mass is 35.5. The summed E-state index contributed by atoms with van der Waals surface area (Å²) in [6, 6.07) is 28.2. The van der Waals surface area contributed by atoms with Crippen LogP contribution < -0.4 is 10.9 Å². The average Bonchev–Trinajstić information content (AvgIpc) is 2.94. The molecule has 0 aliphatic carbocycles. The van der Waals surface area contributed by atoms with Crippen LogP contribution in [0.3, 0.4) is 0 Å². The third-order valence-electron chi connectivity index (χ3n) is 5.91. The predicted octanol–water partition coefficient (Wildman–Crippen LogP) is 6.31. The monoisotopic (exact) mass is 539 g/mol. The van der Waals surface area contributed by atoms with E-state index in [1.54, 1.807) is 60.7 Å².